The molecule has 0 spiro atoms. The van der Waals surface area contributed by atoms with Gasteiger partial charge in [-0.3, -0.25) is 4.90 Å². The maximum atomic E-state index is 10.1. The quantitative estimate of drug-likeness (QED) is 0.886. The molecular formula is C17H26N2O. The van der Waals surface area contributed by atoms with Gasteiger partial charge in [-0.15, -0.1) is 0 Å². The molecule has 2 N–H and O–H groups in total. The molecule has 20 heavy (non-hydrogen) atoms. The lowest BCUT2D eigenvalue weighted by Gasteiger charge is -2.40. The first kappa shape index (κ1) is 13.9. The van der Waals surface area contributed by atoms with Crippen LogP contribution in [0.5, 0.6) is 5.75 Å². The molecule has 1 aromatic carbocycles. The molecule has 2 fully saturated rings. The topological polar surface area (TPSA) is 35.5 Å². The van der Waals surface area contributed by atoms with Crippen molar-refractivity contribution in [2.24, 2.45) is 0 Å². The third kappa shape index (κ3) is 2.57. The van der Waals surface area contributed by atoms with Crippen molar-refractivity contribution in [3.05, 3.63) is 29.8 Å². The van der Waals surface area contributed by atoms with Crippen molar-refractivity contribution >= 4 is 0 Å². The summed E-state index contributed by atoms with van der Waals surface area (Å²) in [5.74, 6) is 0.426. The first-order valence-electron chi connectivity index (χ1n) is 7.98. The molecule has 0 amide bonds. The Hall–Kier alpha value is -1.06. The van der Waals surface area contributed by atoms with Gasteiger partial charge in [0.2, 0.25) is 0 Å². The van der Waals surface area contributed by atoms with Crippen LogP contribution in [0.1, 0.15) is 51.1 Å². The molecule has 3 rings (SSSR count). The van der Waals surface area contributed by atoms with Gasteiger partial charge in [0.15, 0.2) is 0 Å². The smallest absolute Gasteiger partial charge is 0.120 e. The Morgan fingerprint density at radius 1 is 1.25 bits per heavy atom. The Morgan fingerprint density at radius 3 is 2.50 bits per heavy atom. The lowest BCUT2D eigenvalue weighted by atomic mass is 9.95. The van der Waals surface area contributed by atoms with Gasteiger partial charge < -0.3 is 10.4 Å². The molecule has 0 aliphatic carbocycles. The summed E-state index contributed by atoms with van der Waals surface area (Å²) in [5, 5.41) is 13.8. The van der Waals surface area contributed by atoms with E-state index in [9.17, 15) is 5.11 Å². The molecule has 2 heterocycles. The summed E-state index contributed by atoms with van der Waals surface area (Å²) in [7, 11) is 0. The summed E-state index contributed by atoms with van der Waals surface area (Å²) in [6.07, 6.45) is 5.18. The highest BCUT2D eigenvalue weighted by molar-refractivity contribution is 5.34. The van der Waals surface area contributed by atoms with E-state index >= 15 is 0 Å². The van der Waals surface area contributed by atoms with Crippen LogP contribution in [0.2, 0.25) is 0 Å². The summed E-state index contributed by atoms with van der Waals surface area (Å²) in [6, 6.07) is 10.1. The molecule has 110 valence electrons. The number of aromatic hydroxyl groups is 1. The molecular weight excluding hydrogens is 248 g/mol. The van der Waals surface area contributed by atoms with E-state index in [-0.39, 0.29) is 6.04 Å². The van der Waals surface area contributed by atoms with E-state index in [0.717, 1.165) is 12.1 Å². The maximum absolute atomic E-state index is 10.1. The zero-order valence-corrected chi connectivity index (χ0v) is 12.5. The van der Waals surface area contributed by atoms with Crippen LogP contribution in [-0.2, 0) is 0 Å². The second-order valence-corrected chi connectivity index (χ2v) is 6.33. The van der Waals surface area contributed by atoms with Gasteiger partial charge in [-0.25, -0.2) is 0 Å². The third-order valence-corrected chi connectivity index (χ3v) is 5.17. The van der Waals surface area contributed by atoms with Gasteiger partial charge in [0.05, 0.1) is 0 Å². The van der Waals surface area contributed by atoms with Crippen molar-refractivity contribution in [2.45, 2.75) is 63.7 Å². The zero-order valence-electron chi connectivity index (χ0n) is 12.5. The fourth-order valence-electron chi connectivity index (χ4n) is 4.17. The van der Waals surface area contributed by atoms with Crippen LogP contribution < -0.4 is 5.32 Å². The van der Waals surface area contributed by atoms with E-state index in [1.807, 2.05) is 12.1 Å². The third-order valence-electron chi connectivity index (χ3n) is 5.17. The Morgan fingerprint density at radius 2 is 1.90 bits per heavy atom. The largest absolute Gasteiger partial charge is 0.508 e. The number of phenols is 1. The van der Waals surface area contributed by atoms with Crippen molar-refractivity contribution in [1.29, 1.82) is 0 Å². The van der Waals surface area contributed by atoms with Crippen LogP contribution in [-0.4, -0.2) is 34.7 Å². The number of nitrogens with one attached hydrogen (secondary N) is 1. The molecule has 3 nitrogen and oxygen atoms in total. The molecule has 3 atom stereocenters. The number of hydrogen-bond acceptors (Lipinski definition) is 3. The second-order valence-electron chi connectivity index (χ2n) is 6.33. The molecule has 0 aromatic heterocycles. The van der Waals surface area contributed by atoms with Crippen LogP contribution in [0.3, 0.4) is 0 Å². The molecule has 2 aliphatic heterocycles. The molecule has 2 bridgehead atoms. The van der Waals surface area contributed by atoms with Crippen LogP contribution in [0.4, 0.5) is 0 Å². The Bertz CT molecular complexity index is 450. The zero-order chi connectivity index (χ0) is 14.1. The van der Waals surface area contributed by atoms with Crippen molar-refractivity contribution in [2.75, 3.05) is 6.54 Å². The predicted molar refractivity (Wildman–Crippen MR) is 81.9 cm³/mol. The maximum Gasteiger partial charge on any atom is 0.120 e. The van der Waals surface area contributed by atoms with Gasteiger partial charge in [-0.05, 0) is 45.2 Å². The summed E-state index contributed by atoms with van der Waals surface area (Å²) in [5.41, 5.74) is 1.06. The minimum Gasteiger partial charge on any atom is -0.508 e. The van der Waals surface area contributed by atoms with Crippen molar-refractivity contribution in [1.82, 2.24) is 10.2 Å². The summed E-state index contributed by atoms with van der Waals surface area (Å²) < 4.78 is 0. The number of rotatable bonds is 4. The number of para-hydroxylation sites is 1. The van der Waals surface area contributed by atoms with Crippen LogP contribution in [0, 0.1) is 0 Å². The molecule has 0 saturated carbocycles. The number of phenolic OH excluding ortho intramolecular Hbond substituents is 1. The molecule has 3 unspecified atom stereocenters. The van der Waals surface area contributed by atoms with Crippen LogP contribution in [0.25, 0.3) is 0 Å². The Kier molecular flexibility index (Phi) is 3.99. The average molecular weight is 274 g/mol. The molecule has 0 radical (unpaired) electrons. The molecule has 1 aromatic rings. The fourth-order valence-corrected chi connectivity index (χ4v) is 4.17. The normalized spacial score (nSPS) is 30.6. The standard InChI is InChI=1S/C17H26N2O/c1-3-19(12(2)16-6-4-5-7-17(16)20)15-10-13-8-9-14(11-15)18-13/h4-7,12-15,18,20H,3,8-11H2,1-2H3. The van der Waals surface area contributed by atoms with Gasteiger partial charge in [-0.2, -0.15) is 0 Å². The fraction of sp³-hybridized carbons (Fsp3) is 0.647. The predicted octanol–water partition coefficient (Wildman–Crippen LogP) is 3.06. The lowest BCUT2D eigenvalue weighted by Crippen LogP contribution is -2.48. The van der Waals surface area contributed by atoms with Crippen molar-refractivity contribution in [3.63, 3.8) is 0 Å². The number of benzene rings is 1. The minimum absolute atomic E-state index is 0.281. The molecule has 3 heteroatoms. The van der Waals surface area contributed by atoms with Crippen LogP contribution in [0.15, 0.2) is 24.3 Å². The van der Waals surface area contributed by atoms with E-state index in [2.05, 4.69) is 30.1 Å². The number of fused-ring (bicyclic) bond motifs is 2. The van der Waals surface area contributed by atoms with Gasteiger partial charge >= 0.3 is 0 Å². The van der Waals surface area contributed by atoms with E-state index in [1.165, 1.54) is 25.7 Å². The highest BCUT2D eigenvalue weighted by Gasteiger charge is 2.37. The minimum atomic E-state index is 0.281. The van der Waals surface area contributed by atoms with Gasteiger partial charge in [-0.1, -0.05) is 25.1 Å². The molecule has 2 aliphatic rings. The first-order valence-corrected chi connectivity index (χ1v) is 7.98. The average Bonchev–Trinajstić information content (AvgIpc) is 2.79. The number of nitrogens with zero attached hydrogens (tertiary/aromatic N) is 1. The van der Waals surface area contributed by atoms with E-state index in [0.29, 0.717) is 23.9 Å². The highest BCUT2D eigenvalue weighted by Crippen LogP contribution is 2.35. The highest BCUT2D eigenvalue weighted by atomic mass is 16.3. The van der Waals surface area contributed by atoms with E-state index in [4.69, 9.17) is 0 Å². The first-order chi connectivity index (χ1) is 9.69. The number of hydrogen-bond donors (Lipinski definition) is 2. The summed E-state index contributed by atoms with van der Waals surface area (Å²) in [6.45, 7) is 5.50. The Balaban J connectivity index is 1.77. The van der Waals surface area contributed by atoms with E-state index < -0.39 is 0 Å². The SMILES string of the molecule is CCN(C1CC2CCC(C1)N2)C(C)c1ccccc1O. The Labute approximate surface area is 122 Å². The van der Waals surface area contributed by atoms with Crippen LogP contribution >= 0.6 is 0 Å². The second kappa shape index (κ2) is 5.74. The van der Waals surface area contributed by atoms with Gasteiger partial charge in [0, 0.05) is 29.7 Å². The number of piperidine rings is 1. The van der Waals surface area contributed by atoms with Crippen molar-refractivity contribution in [3.8, 4) is 5.75 Å². The summed E-state index contributed by atoms with van der Waals surface area (Å²) in [4.78, 5) is 2.57. The molecule has 2 saturated heterocycles. The lowest BCUT2D eigenvalue weighted by molar-refractivity contribution is 0.106. The van der Waals surface area contributed by atoms with Gasteiger partial charge in [0.1, 0.15) is 5.75 Å². The monoisotopic (exact) mass is 274 g/mol. The summed E-state index contributed by atoms with van der Waals surface area (Å²) >= 11 is 0. The van der Waals surface area contributed by atoms with E-state index in [1.54, 1.807) is 6.07 Å². The van der Waals surface area contributed by atoms with Crippen molar-refractivity contribution < 1.29 is 5.11 Å². The van der Waals surface area contributed by atoms with Gasteiger partial charge in [0.25, 0.3) is 0 Å².